The summed E-state index contributed by atoms with van der Waals surface area (Å²) in [5.74, 6) is -2.74. The Morgan fingerprint density at radius 3 is 2.44 bits per heavy atom. The first-order chi connectivity index (χ1) is 16.3. The van der Waals surface area contributed by atoms with E-state index >= 15 is 0 Å². The van der Waals surface area contributed by atoms with Crippen molar-refractivity contribution in [1.82, 2.24) is 10.2 Å². The number of likely N-dealkylation sites (tertiary alicyclic amines) is 1. The molecule has 0 atom stereocenters. The number of aliphatic hydroxyl groups is 1. The lowest BCUT2D eigenvalue weighted by molar-refractivity contribution is -0.141. The van der Waals surface area contributed by atoms with E-state index in [9.17, 15) is 24.3 Å². The molecule has 0 saturated carbocycles. The van der Waals surface area contributed by atoms with Crippen molar-refractivity contribution in [2.75, 3.05) is 26.7 Å². The second-order valence-corrected chi connectivity index (χ2v) is 8.68. The summed E-state index contributed by atoms with van der Waals surface area (Å²) in [4.78, 5) is 52.6. The van der Waals surface area contributed by atoms with Gasteiger partial charge in [0, 0.05) is 29.2 Å². The number of Topliss-reactive ketones (excluding diaryl/α,β-unsaturated/α-hetero) is 1. The van der Waals surface area contributed by atoms with E-state index in [1.54, 1.807) is 41.3 Å². The van der Waals surface area contributed by atoms with E-state index in [1.807, 2.05) is 6.07 Å². The minimum Gasteiger partial charge on any atom is -0.506 e. The van der Waals surface area contributed by atoms with Gasteiger partial charge in [0.2, 0.25) is 0 Å². The highest BCUT2D eigenvalue weighted by molar-refractivity contribution is 6.32. The lowest BCUT2D eigenvalue weighted by Crippen LogP contribution is -2.52. The van der Waals surface area contributed by atoms with Gasteiger partial charge in [-0.25, -0.2) is 0 Å². The number of rotatable bonds is 4. The molecule has 0 bridgehead atoms. The molecule has 9 heteroatoms. The molecule has 2 aromatic carbocycles. The number of ketones is 1. The molecule has 1 saturated heterocycles. The minimum atomic E-state index is -1.11. The number of carbonyl (C=O) groups is 4. The van der Waals surface area contributed by atoms with Gasteiger partial charge < -0.3 is 20.1 Å². The second-order valence-electron chi connectivity index (χ2n) is 8.24. The monoisotopic (exact) mass is 482 g/mol. The Bertz CT molecular complexity index is 1200. The van der Waals surface area contributed by atoms with Crippen molar-refractivity contribution in [3.63, 3.8) is 0 Å². The molecular formula is C25H23ClN2O6. The van der Waals surface area contributed by atoms with Gasteiger partial charge in [-0.3, -0.25) is 19.2 Å². The van der Waals surface area contributed by atoms with Crippen LogP contribution in [0.1, 0.15) is 34.3 Å². The highest BCUT2D eigenvalue weighted by Crippen LogP contribution is 2.46. The standard InChI is InChI=1S/C25H23ClN2O6/c1-34-19(29)14-27-23(32)20-21(30)17-13-16(26)7-8-18(17)25(22(20)31)9-11-28(12-10-25)24(33)15-5-3-2-4-6-15/h2-8,13,30H,9-12,14H2,1H3,(H,27,32). The summed E-state index contributed by atoms with van der Waals surface area (Å²) in [5, 5.41) is 13.5. The highest BCUT2D eigenvalue weighted by atomic mass is 35.5. The molecule has 4 rings (SSSR count). The Labute approximate surface area is 201 Å². The number of hydrogen-bond acceptors (Lipinski definition) is 6. The van der Waals surface area contributed by atoms with Crippen LogP contribution in [0.4, 0.5) is 0 Å². The number of ether oxygens (including phenoxy) is 1. The van der Waals surface area contributed by atoms with Crippen molar-refractivity contribution in [1.29, 1.82) is 0 Å². The van der Waals surface area contributed by atoms with E-state index in [4.69, 9.17) is 11.6 Å². The van der Waals surface area contributed by atoms with E-state index in [0.29, 0.717) is 29.2 Å². The van der Waals surface area contributed by atoms with Gasteiger partial charge in [-0.2, -0.15) is 0 Å². The number of halogens is 1. The fraction of sp³-hybridized carbons (Fsp3) is 0.280. The molecule has 1 aliphatic heterocycles. The molecule has 1 heterocycles. The van der Waals surface area contributed by atoms with Crippen LogP contribution < -0.4 is 5.32 Å². The van der Waals surface area contributed by atoms with Crippen LogP contribution in [0, 0.1) is 0 Å². The molecule has 34 heavy (non-hydrogen) atoms. The summed E-state index contributed by atoms with van der Waals surface area (Å²) in [5.41, 5.74) is -0.131. The number of carbonyl (C=O) groups excluding carboxylic acids is 4. The van der Waals surface area contributed by atoms with Crippen molar-refractivity contribution in [3.05, 3.63) is 75.8 Å². The van der Waals surface area contributed by atoms with Gasteiger partial charge in [0.05, 0.1) is 12.5 Å². The molecular weight excluding hydrogens is 460 g/mol. The Balaban J connectivity index is 1.67. The maximum atomic E-state index is 13.7. The molecule has 176 valence electrons. The Morgan fingerprint density at radius 1 is 1.12 bits per heavy atom. The Kier molecular flexibility index (Phi) is 6.43. The summed E-state index contributed by atoms with van der Waals surface area (Å²) in [7, 11) is 1.18. The van der Waals surface area contributed by atoms with Crippen LogP contribution in [-0.4, -0.2) is 60.3 Å². The zero-order valence-electron chi connectivity index (χ0n) is 18.5. The number of piperidine rings is 1. The Morgan fingerprint density at radius 2 is 1.79 bits per heavy atom. The van der Waals surface area contributed by atoms with Gasteiger partial charge in [-0.15, -0.1) is 0 Å². The van der Waals surface area contributed by atoms with Crippen molar-refractivity contribution in [2.24, 2.45) is 0 Å². The predicted molar refractivity (Wildman–Crippen MR) is 124 cm³/mol. The first-order valence-corrected chi connectivity index (χ1v) is 11.1. The first kappa shape index (κ1) is 23.5. The number of esters is 1. The zero-order chi connectivity index (χ0) is 24.5. The zero-order valence-corrected chi connectivity index (χ0v) is 19.2. The number of aliphatic hydroxyl groups excluding tert-OH is 1. The molecule has 0 radical (unpaired) electrons. The topological polar surface area (TPSA) is 113 Å². The molecule has 0 unspecified atom stereocenters. The van der Waals surface area contributed by atoms with E-state index in [2.05, 4.69) is 10.1 Å². The molecule has 1 fully saturated rings. The van der Waals surface area contributed by atoms with Crippen LogP contribution in [0.5, 0.6) is 0 Å². The third kappa shape index (κ3) is 4.05. The van der Waals surface area contributed by atoms with Crippen molar-refractivity contribution in [2.45, 2.75) is 18.3 Å². The van der Waals surface area contributed by atoms with Gasteiger partial charge in [-0.1, -0.05) is 35.9 Å². The van der Waals surface area contributed by atoms with Gasteiger partial charge in [0.1, 0.15) is 17.9 Å². The lowest BCUT2D eigenvalue weighted by Gasteiger charge is -2.44. The third-order valence-electron chi connectivity index (χ3n) is 6.42. The fourth-order valence-electron chi connectivity index (χ4n) is 4.61. The summed E-state index contributed by atoms with van der Waals surface area (Å²) in [6.07, 6.45) is 0.528. The van der Waals surface area contributed by atoms with Crippen molar-refractivity contribution >= 4 is 40.9 Å². The number of hydrogen-bond donors (Lipinski definition) is 2. The summed E-state index contributed by atoms with van der Waals surface area (Å²) < 4.78 is 4.52. The lowest BCUT2D eigenvalue weighted by atomic mass is 9.63. The molecule has 2 N–H and O–H groups in total. The Hall–Kier alpha value is -3.65. The smallest absolute Gasteiger partial charge is 0.325 e. The quantitative estimate of drug-likeness (QED) is 0.511. The third-order valence-corrected chi connectivity index (χ3v) is 6.66. The molecule has 1 spiro atoms. The average molecular weight is 483 g/mol. The van der Waals surface area contributed by atoms with Crippen LogP contribution in [0.25, 0.3) is 5.76 Å². The number of nitrogens with one attached hydrogen (secondary N) is 1. The normalized spacial score (nSPS) is 16.8. The number of nitrogens with zero attached hydrogens (tertiary/aromatic N) is 1. The van der Waals surface area contributed by atoms with Crippen LogP contribution in [0.3, 0.4) is 0 Å². The SMILES string of the molecule is COC(=O)CNC(=O)C1=C(O)c2cc(Cl)ccc2C2(CCN(C(=O)c3ccccc3)CC2)C1=O. The largest absolute Gasteiger partial charge is 0.506 e. The molecule has 8 nitrogen and oxygen atoms in total. The molecule has 0 aromatic heterocycles. The van der Waals surface area contributed by atoms with Crippen LogP contribution in [0.15, 0.2) is 54.1 Å². The fourth-order valence-corrected chi connectivity index (χ4v) is 4.78. The summed E-state index contributed by atoms with van der Waals surface area (Å²) >= 11 is 6.15. The molecule has 2 aromatic rings. The molecule has 1 aliphatic carbocycles. The molecule has 2 aliphatic rings. The number of methoxy groups -OCH3 is 1. The second kappa shape index (κ2) is 9.30. The highest BCUT2D eigenvalue weighted by Gasteiger charge is 2.51. The van der Waals surface area contributed by atoms with Gasteiger partial charge >= 0.3 is 5.97 Å². The first-order valence-electron chi connectivity index (χ1n) is 10.8. The van der Waals surface area contributed by atoms with Gasteiger partial charge in [0.25, 0.3) is 11.8 Å². The number of fused-ring (bicyclic) bond motifs is 2. The predicted octanol–water partition coefficient (Wildman–Crippen LogP) is 2.66. The summed E-state index contributed by atoms with van der Waals surface area (Å²) in [6, 6.07) is 13.7. The van der Waals surface area contributed by atoms with Crippen LogP contribution >= 0.6 is 11.6 Å². The van der Waals surface area contributed by atoms with Crippen molar-refractivity contribution in [3.8, 4) is 0 Å². The van der Waals surface area contributed by atoms with Gasteiger partial charge in [-0.05, 0) is 42.7 Å². The van der Waals surface area contributed by atoms with Crippen molar-refractivity contribution < 1.29 is 29.0 Å². The van der Waals surface area contributed by atoms with E-state index in [1.165, 1.54) is 13.2 Å². The van der Waals surface area contributed by atoms with Crippen LogP contribution in [0.2, 0.25) is 5.02 Å². The van der Waals surface area contributed by atoms with E-state index in [0.717, 1.165) is 0 Å². The van der Waals surface area contributed by atoms with Gasteiger partial charge in [0.15, 0.2) is 5.78 Å². The number of benzene rings is 2. The summed E-state index contributed by atoms with van der Waals surface area (Å²) in [6.45, 7) is 0.132. The van der Waals surface area contributed by atoms with Crippen LogP contribution in [-0.2, 0) is 24.5 Å². The maximum Gasteiger partial charge on any atom is 0.325 e. The van der Waals surface area contributed by atoms with E-state index < -0.39 is 41.0 Å². The minimum absolute atomic E-state index is 0.135. The average Bonchev–Trinajstić information content (AvgIpc) is 2.86. The molecule has 2 amide bonds. The maximum absolute atomic E-state index is 13.7. The number of amides is 2. The van der Waals surface area contributed by atoms with E-state index in [-0.39, 0.29) is 24.3 Å².